The Morgan fingerprint density at radius 3 is 2.33 bits per heavy atom. The highest BCUT2D eigenvalue weighted by atomic mass is 32.2. The molecule has 0 saturated carbocycles. The monoisotopic (exact) mass is 557 g/mol. The molecule has 0 aliphatic carbocycles. The summed E-state index contributed by atoms with van der Waals surface area (Å²) >= 11 is 0. The lowest BCUT2D eigenvalue weighted by molar-refractivity contribution is -0.135. The molecule has 8 heteroatoms. The minimum Gasteiger partial charge on any atom is -0.425 e. The van der Waals surface area contributed by atoms with E-state index in [1.54, 1.807) is 24.3 Å². The summed E-state index contributed by atoms with van der Waals surface area (Å²) in [5, 5.41) is 11.3. The molecule has 0 radical (unpaired) electrons. The Morgan fingerprint density at radius 2 is 1.60 bits per heavy atom. The number of hydrogen-bond acceptors (Lipinski definition) is 5. The molecule has 206 valence electrons. The number of carbonyl (C=O) groups excluding carboxylic acids is 1. The van der Waals surface area contributed by atoms with Crippen LogP contribution in [0.4, 0.5) is 5.69 Å². The van der Waals surface area contributed by atoms with Crippen LogP contribution in [0.1, 0.15) is 31.9 Å². The fourth-order valence-electron chi connectivity index (χ4n) is 5.32. The summed E-state index contributed by atoms with van der Waals surface area (Å²) in [4.78, 5) is 15.1. The van der Waals surface area contributed by atoms with Crippen molar-refractivity contribution in [2.45, 2.75) is 42.8 Å². The van der Waals surface area contributed by atoms with Gasteiger partial charge in [0.25, 0.3) is 5.72 Å². The van der Waals surface area contributed by atoms with Gasteiger partial charge >= 0.3 is 5.97 Å². The first-order valence-corrected chi connectivity index (χ1v) is 14.5. The van der Waals surface area contributed by atoms with Crippen molar-refractivity contribution < 1.29 is 23.1 Å². The number of likely N-dealkylation sites (N-methyl/N-ethyl adjacent to an activating group) is 1. The number of ether oxygens (including phenoxy) is 1. The van der Waals surface area contributed by atoms with Gasteiger partial charge in [-0.3, -0.25) is 0 Å². The third kappa shape index (κ3) is 4.68. The molecule has 3 N–H and O–H groups in total. The molecule has 0 aromatic heterocycles. The first-order chi connectivity index (χ1) is 19.0. The third-order valence-corrected chi connectivity index (χ3v) is 9.35. The maximum Gasteiger partial charge on any atom is 0.329 e. The van der Waals surface area contributed by atoms with Gasteiger partial charge in [-0.1, -0.05) is 66.7 Å². The van der Waals surface area contributed by atoms with Gasteiger partial charge < -0.3 is 14.7 Å². The molecule has 2 unspecified atom stereocenters. The van der Waals surface area contributed by atoms with E-state index in [9.17, 15) is 18.3 Å². The zero-order valence-corrected chi connectivity index (χ0v) is 23.7. The van der Waals surface area contributed by atoms with Crippen LogP contribution in [0.2, 0.25) is 0 Å². The van der Waals surface area contributed by atoms with Crippen molar-refractivity contribution in [3.05, 3.63) is 108 Å². The first-order valence-electron chi connectivity index (χ1n) is 13.0. The lowest BCUT2D eigenvalue weighted by atomic mass is 9.77. The number of sulfonamides is 1. The number of hydrogen-bond donors (Lipinski definition) is 1. The smallest absolute Gasteiger partial charge is 0.329 e. The lowest BCUT2D eigenvalue weighted by Gasteiger charge is -2.34. The van der Waals surface area contributed by atoms with Gasteiger partial charge in [0.05, 0.1) is 10.3 Å². The predicted molar refractivity (Wildman–Crippen MR) is 159 cm³/mol. The minimum atomic E-state index is -3.91. The van der Waals surface area contributed by atoms with Crippen molar-refractivity contribution >= 4 is 38.5 Å². The van der Waals surface area contributed by atoms with Crippen LogP contribution in [0.5, 0.6) is 5.75 Å². The molecule has 4 aromatic carbocycles. The third-order valence-electron chi connectivity index (χ3n) is 7.79. The molecular formula is C32H33N2O5S+. The van der Waals surface area contributed by atoms with E-state index in [-0.39, 0.29) is 10.6 Å². The van der Waals surface area contributed by atoms with Crippen LogP contribution < -0.4 is 14.4 Å². The number of rotatable bonds is 7. The zero-order valence-electron chi connectivity index (χ0n) is 22.9. The van der Waals surface area contributed by atoms with Crippen LogP contribution in [0.3, 0.4) is 0 Å². The Kier molecular flexibility index (Phi) is 7.04. The number of benzene rings is 4. The van der Waals surface area contributed by atoms with E-state index in [1.165, 1.54) is 19.1 Å². The molecule has 7 nitrogen and oxygen atoms in total. The average Bonchev–Trinajstić information content (AvgIpc) is 3.10. The standard InChI is InChI=1S/C32H32N2O5S/c1-22(33-40(37,38)24-13-6-5-7-14-24)30(35)39-29-19-18-23-12-8-9-15-25(23)26(29)20-21-32(36)31(2,3)27-16-10-11-17-28(27)34(32)4/h5-22,33,36H,1-4H3/p+1/b21-20+. The summed E-state index contributed by atoms with van der Waals surface area (Å²) in [5.74, 6) is -0.457. The predicted octanol–water partition coefficient (Wildman–Crippen LogP) is 4.97. The van der Waals surface area contributed by atoms with Crippen molar-refractivity contribution in [1.82, 2.24) is 4.72 Å². The fourth-order valence-corrected chi connectivity index (χ4v) is 6.53. The van der Waals surface area contributed by atoms with Crippen LogP contribution >= 0.6 is 0 Å². The van der Waals surface area contributed by atoms with Crippen LogP contribution in [-0.4, -0.2) is 38.3 Å². The highest BCUT2D eigenvalue weighted by molar-refractivity contribution is 7.89. The van der Waals surface area contributed by atoms with E-state index < -0.39 is 33.2 Å². The molecular weight excluding hydrogens is 524 g/mol. The Bertz CT molecular complexity index is 1720. The Labute approximate surface area is 234 Å². The normalized spacial score (nSPS) is 19.1. The van der Waals surface area contributed by atoms with E-state index in [0.29, 0.717) is 5.56 Å². The maximum absolute atomic E-state index is 13.1. The Balaban J connectivity index is 1.48. The molecule has 4 aromatic rings. The van der Waals surface area contributed by atoms with Crippen molar-refractivity contribution in [2.75, 3.05) is 11.9 Å². The second kappa shape index (κ2) is 10.2. The number of para-hydroxylation sites is 1. The van der Waals surface area contributed by atoms with E-state index >= 15 is 0 Å². The highest BCUT2D eigenvalue weighted by Crippen LogP contribution is 2.50. The van der Waals surface area contributed by atoms with Gasteiger partial charge in [0.15, 0.2) is 0 Å². The van der Waals surface area contributed by atoms with Crippen molar-refractivity contribution in [1.29, 1.82) is 0 Å². The molecule has 0 spiro atoms. The summed E-state index contributed by atoms with van der Waals surface area (Å²) in [6.45, 7) is 5.56. The fraction of sp³-hybridized carbons (Fsp3) is 0.219. The van der Waals surface area contributed by atoms with Gasteiger partial charge in [0.2, 0.25) is 10.0 Å². The number of carbonyl (C=O) groups is 1. The summed E-state index contributed by atoms with van der Waals surface area (Å²) in [5.41, 5.74) is 1.07. The lowest BCUT2D eigenvalue weighted by Crippen LogP contribution is -2.52. The topological polar surface area (TPSA) is 98.6 Å². The van der Waals surface area contributed by atoms with Crippen LogP contribution in [0.25, 0.3) is 16.8 Å². The van der Waals surface area contributed by atoms with Crippen molar-refractivity contribution in [3.8, 4) is 5.75 Å². The summed E-state index contributed by atoms with van der Waals surface area (Å²) < 4.78 is 33.7. The summed E-state index contributed by atoms with van der Waals surface area (Å²) in [6, 6.07) is 26.1. The van der Waals surface area contributed by atoms with Crippen LogP contribution in [0.15, 0.2) is 102 Å². The van der Waals surface area contributed by atoms with Crippen LogP contribution in [-0.2, 0) is 20.2 Å². The van der Waals surface area contributed by atoms with E-state index in [4.69, 9.17) is 4.74 Å². The maximum atomic E-state index is 13.1. The van der Waals surface area contributed by atoms with Gasteiger partial charge in [0.1, 0.15) is 11.8 Å². The SMILES string of the molecule is CC(NS(=O)(=O)c1ccccc1)C(=O)Oc1ccc2ccccc2c1/C=C/C1([OH2+])N(C)c2ccccc2C1(C)C. The van der Waals surface area contributed by atoms with Crippen molar-refractivity contribution in [2.24, 2.45) is 0 Å². The number of nitrogens with one attached hydrogen (secondary N) is 1. The highest BCUT2D eigenvalue weighted by Gasteiger charge is 2.57. The van der Waals surface area contributed by atoms with Gasteiger partial charge in [0, 0.05) is 24.4 Å². The molecule has 0 amide bonds. The van der Waals surface area contributed by atoms with Crippen LogP contribution in [0, 0.1) is 0 Å². The molecule has 5 rings (SSSR count). The average molecular weight is 558 g/mol. The Hall–Kier alpha value is -3.98. The van der Waals surface area contributed by atoms with Gasteiger partial charge in [-0.25, -0.2) is 13.2 Å². The molecule has 1 heterocycles. The second-order valence-electron chi connectivity index (χ2n) is 10.6. The van der Waals surface area contributed by atoms with Gasteiger partial charge in [-0.05, 0) is 67.4 Å². The summed E-state index contributed by atoms with van der Waals surface area (Å²) in [7, 11) is -2.00. The van der Waals surface area contributed by atoms with E-state index in [0.717, 1.165) is 22.0 Å². The first kappa shape index (κ1) is 27.6. The molecule has 1 aliphatic rings. The van der Waals surface area contributed by atoms with E-state index in [2.05, 4.69) is 24.6 Å². The number of nitrogens with zero attached hydrogens (tertiary/aromatic N) is 1. The van der Waals surface area contributed by atoms with Crippen molar-refractivity contribution in [3.63, 3.8) is 0 Å². The minimum absolute atomic E-state index is 0.0639. The van der Waals surface area contributed by atoms with Gasteiger partial charge in [-0.15, -0.1) is 0 Å². The number of esters is 1. The molecule has 0 bridgehead atoms. The quantitative estimate of drug-likeness (QED) is 0.196. The molecule has 1 aliphatic heterocycles. The second-order valence-corrected chi connectivity index (χ2v) is 12.3. The molecule has 0 saturated heterocycles. The number of anilines is 1. The Morgan fingerprint density at radius 1 is 0.950 bits per heavy atom. The number of fused-ring (bicyclic) bond motifs is 2. The van der Waals surface area contributed by atoms with E-state index in [1.807, 2.05) is 72.6 Å². The largest absolute Gasteiger partial charge is 0.425 e. The molecule has 2 atom stereocenters. The van der Waals surface area contributed by atoms with Gasteiger partial charge in [-0.2, -0.15) is 4.72 Å². The summed E-state index contributed by atoms with van der Waals surface area (Å²) in [6.07, 6.45) is 3.68. The molecule has 40 heavy (non-hydrogen) atoms. The molecule has 0 fully saturated rings. The zero-order chi connectivity index (χ0) is 28.7.